The highest BCUT2D eigenvalue weighted by Gasteiger charge is 2.38. The molecule has 4 rings (SSSR count). The smallest absolute Gasteiger partial charge is 0.243 e. The topological polar surface area (TPSA) is 145 Å². The molecule has 3 amide bonds. The molecule has 2 aromatic rings. The second kappa shape index (κ2) is 15.1. The highest BCUT2D eigenvalue weighted by molar-refractivity contribution is 7.88. The van der Waals surface area contributed by atoms with E-state index in [0.29, 0.717) is 43.1 Å². The fraction of sp³-hybridized carbons (Fsp3) is 0.500. The Hall–Kier alpha value is -3.03. The van der Waals surface area contributed by atoms with Crippen molar-refractivity contribution in [1.29, 1.82) is 0 Å². The summed E-state index contributed by atoms with van der Waals surface area (Å²) >= 11 is 6.14. The predicted octanol–water partition coefficient (Wildman–Crippen LogP) is 1.45. The third-order valence-electron chi connectivity index (χ3n) is 8.00. The summed E-state index contributed by atoms with van der Waals surface area (Å²) in [5.41, 5.74) is 8.04. The Morgan fingerprint density at radius 3 is 2.44 bits per heavy atom. The van der Waals surface area contributed by atoms with Gasteiger partial charge in [0.05, 0.1) is 5.75 Å². The lowest BCUT2D eigenvalue weighted by Crippen LogP contribution is -2.54. The molecule has 4 N–H and O–H groups in total. The van der Waals surface area contributed by atoms with Gasteiger partial charge in [0.2, 0.25) is 27.7 Å². The van der Waals surface area contributed by atoms with Crippen LogP contribution < -0.4 is 15.8 Å². The molecule has 2 saturated heterocycles. The molecule has 0 bridgehead atoms. The molecule has 2 atom stereocenters. The maximum Gasteiger partial charge on any atom is 0.243 e. The minimum absolute atomic E-state index is 0.00869. The molecular weight excluding hydrogens is 592 g/mol. The zero-order valence-corrected chi connectivity index (χ0v) is 26.1. The van der Waals surface area contributed by atoms with Gasteiger partial charge < -0.3 is 25.8 Å². The third kappa shape index (κ3) is 9.23. The van der Waals surface area contributed by atoms with Crippen molar-refractivity contribution in [2.75, 3.05) is 39.8 Å². The Kier molecular flexibility index (Phi) is 11.6. The van der Waals surface area contributed by atoms with Crippen molar-refractivity contribution in [1.82, 2.24) is 24.7 Å². The number of hydrogen-bond acceptors (Lipinski definition) is 7. The van der Waals surface area contributed by atoms with Crippen LogP contribution in [-0.2, 0) is 43.2 Å². The van der Waals surface area contributed by atoms with E-state index in [0.717, 1.165) is 24.2 Å². The van der Waals surface area contributed by atoms with Crippen LogP contribution in [0.4, 0.5) is 0 Å². The number of benzene rings is 2. The minimum Gasteiger partial charge on any atom is -0.350 e. The van der Waals surface area contributed by atoms with Gasteiger partial charge in [-0.2, -0.15) is 0 Å². The maximum absolute atomic E-state index is 13.9. The summed E-state index contributed by atoms with van der Waals surface area (Å²) in [6, 6.07) is 12.0. The van der Waals surface area contributed by atoms with E-state index < -0.39 is 28.0 Å². The van der Waals surface area contributed by atoms with Crippen molar-refractivity contribution >= 4 is 39.3 Å². The standard InChI is InChI=1S/C30H41ClN6O5S/c1-35-14-16-36(17-15-35)28(38)12-11-26(34-43(41,42)21-22-6-3-2-4-7-22)30(40)37-13-5-8-27(37)29(39)33-20-24-18-25(31)10-9-23(24)19-32/h2-4,6-7,9-10,18,26-27,34H,5,8,11-17,19-21,32H2,1H3,(H,33,39). The summed E-state index contributed by atoms with van der Waals surface area (Å²) in [4.78, 5) is 45.5. The summed E-state index contributed by atoms with van der Waals surface area (Å²) < 4.78 is 28.9. The third-order valence-corrected chi connectivity index (χ3v) is 9.59. The molecular formula is C30H41ClN6O5S. The predicted molar refractivity (Wildman–Crippen MR) is 165 cm³/mol. The average Bonchev–Trinajstić information content (AvgIpc) is 3.48. The lowest BCUT2D eigenvalue weighted by Gasteiger charge is -2.33. The molecule has 13 heteroatoms. The minimum atomic E-state index is -3.94. The van der Waals surface area contributed by atoms with Gasteiger partial charge in [0.1, 0.15) is 12.1 Å². The number of likely N-dealkylation sites (tertiary alicyclic amines) is 1. The van der Waals surface area contributed by atoms with Crippen LogP contribution in [0.1, 0.15) is 42.4 Å². The SMILES string of the molecule is CN1CCN(C(=O)CCC(NS(=O)(=O)Cc2ccccc2)C(=O)N2CCCC2C(=O)NCc2cc(Cl)ccc2CN)CC1. The number of nitrogens with two attached hydrogens (primary N) is 1. The van der Waals surface area contributed by atoms with Crippen molar-refractivity contribution in [3.05, 3.63) is 70.2 Å². The molecule has 0 aliphatic carbocycles. The monoisotopic (exact) mass is 632 g/mol. The lowest BCUT2D eigenvalue weighted by molar-refractivity contribution is -0.140. The number of likely N-dealkylation sites (N-methyl/N-ethyl adjacent to an activating group) is 1. The zero-order chi connectivity index (χ0) is 31.0. The van der Waals surface area contributed by atoms with Gasteiger partial charge >= 0.3 is 0 Å². The number of rotatable bonds is 12. The Morgan fingerprint density at radius 1 is 1.02 bits per heavy atom. The van der Waals surface area contributed by atoms with Gasteiger partial charge in [-0.1, -0.05) is 48.0 Å². The number of nitrogens with zero attached hydrogens (tertiary/aromatic N) is 3. The van der Waals surface area contributed by atoms with Crippen LogP contribution in [0, 0.1) is 0 Å². The van der Waals surface area contributed by atoms with Crippen molar-refractivity contribution in [2.24, 2.45) is 5.73 Å². The Bertz CT molecular complexity index is 1380. The molecule has 2 aromatic carbocycles. The van der Waals surface area contributed by atoms with Gasteiger partial charge in [-0.15, -0.1) is 0 Å². The fourth-order valence-corrected chi connectivity index (χ4v) is 7.09. The highest BCUT2D eigenvalue weighted by atomic mass is 35.5. The molecule has 2 aliphatic rings. The largest absolute Gasteiger partial charge is 0.350 e. The molecule has 2 fully saturated rings. The lowest BCUT2D eigenvalue weighted by atomic mass is 10.1. The first-order valence-electron chi connectivity index (χ1n) is 14.6. The van der Waals surface area contributed by atoms with Crippen molar-refractivity contribution in [2.45, 2.75) is 56.6 Å². The number of carbonyl (C=O) groups is 3. The van der Waals surface area contributed by atoms with Crippen LogP contribution in [0.3, 0.4) is 0 Å². The summed E-state index contributed by atoms with van der Waals surface area (Å²) in [5, 5.41) is 3.42. The first kappa shape index (κ1) is 32.9. The van der Waals surface area contributed by atoms with Crippen LogP contribution >= 0.6 is 11.6 Å². The fourth-order valence-electron chi connectivity index (χ4n) is 5.53. The number of piperazine rings is 1. The number of nitrogens with one attached hydrogen (secondary N) is 2. The Labute approximate surface area is 258 Å². The van der Waals surface area contributed by atoms with Crippen molar-refractivity contribution < 1.29 is 22.8 Å². The van der Waals surface area contributed by atoms with E-state index in [1.807, 2.05) is 13.1 Å². The van der Waals surface area contributed by atoms with Gasteiger partial charge in [-0.05, 0) is 55.1 Å². The van der Waals surface area contributed by atoms with Gasteiger partial charge in [0.25, 0.3) is 0 Å². The summed E-state index contributed by atoms with van der Waals surface area (Å²) in [5.74, 6) is -1.28. The second-order valence-corrected chi connectivity index (χ2v) is 13.4. The molecule has 11 nitrogen and oxygen atoms in total. The Balaban J connectivity index is 1.46. The molecule has 0 radical (unpaired) electrons. The maximum atomic E-state index is 13.9. The van der Waals surface area contributed by atoms with E-state index in [4.69, 9.17) is 17.3 Å². The van der Waals surface area contributed by atoms with Crippen LogP contribution in [0.2, 0.25) is 5.02 Å². The van der Waals surface area contributed by atoms with Crippen LogP contribution in [0.15, 0.2) is 48.5 Å². The molecule has 2 heterocycles. The van der Waals surface area contributed by atoms with Crippen molar-refractivity contribution in [3.63, 3.8) is 0 Å². The van der Waals surface area contributed by atoms with E-state index >= 15 is 0 Å². The van der Waals surface area contributed by atoms with Gasteiger partial charge in [-0.3, -0.25) is 14.4 Å². The number of amides is 3. The van der Waals surface area contributed by atoms with Gasteiger partial charge in [0, 0.05) is 57.3 Å². The van der Waals surface area contributed by atoms with Gasteiger partial charge in [-0.25, -0.2) is 13.1 Å². The van der Waals surface area contributed by atoms with E-state index in [1.165, 1.54) is 4.90 Å². The summed E-state index contributed by atoms with van der Waals surface area (Å²) in [6.45, 7) is 3.46. The summed E-state index contributed by atoms with van der Waals surface area (Å²) in [7, 11) is -1.95. The number of hydrogen-bond donors (Lipinski definition) is 3. The van der Waals surface area contributed by atoms with Crippen LogP contribution in [0.5, 0.6) is 0 Å². The normalized spacial score (nSPS) is 18.4. The van der Waals surface area contributed by atoms with E-state index in [2.05, 4.69) is 14.9 Å². The zero-order valence-electron chi connectivity index (χ0n) is 24.5. The quantitative estimate of drug-likeness (QED) is 0.321. The molecule has 43 heavy (non-hydrogen) atoms. The first-order valence-corrected chi connectivity index (χ1v) is 16.6. The molecule has 0 spiro atoms. The second-order valence-electron chi connectivity index (χ2n) is 11.2. The van der Waals surface area contributed by atoms with Gasteiger partial charge in [0.15, 0.2) is 0 Å². The summed E-state index contributed by atoms with van der Waals surface area (Å²) in [6.07, 6.45) is 1.04. The first-order chi connectivity index (χ1) is 20.6. The Morgan fingerprint density at radius 2 is 1.74 bits per heavy atom. The molecule has 0 aromatic heterocycles. The number of halogens is 1. The van der Waals surface area contributed by atoms with Crippen LogP contribution in [0.25, 0.3) is 0 Å². The molecule has 2 aliphatic heterocycles. The average molecular weight is 633 g/mol. The van der Waals surface area contributed by atoms with Crippen molar-refractivity contribution in [3.8, 4) is 0 Å². The number of carbonyl (C=O) groups excluding carboxylic acids is 3. The van der Waals surface area contributed by atoms with E-state index in [9.17, 15) is 22.8 Å². The van der Waals surface area contributed by atoms with E-state index in [1.54, 1.807) is 47.4 Å². The molecule has 234 valence electrons. The molecule has 2 unspecified atom stereocenters. The van der Waals surface area contributed by atoms with E-state index in [-0.39, 0.29) is 43.5 Å². The number of sulfonamides is 1. The molecule has 0 saturated carbocycles. The van der Waals surface area contributed by atoms with Crippen LogP contribution in [-0.4, -0.2) is 92.7 Å². The highest BCUT2D eigenvalue weighted by Crippen LogP contribution is 2.22.